The van der Waals surface area contributed by atoms with Crippen molar-refractivity contribution in [1.82, 2.24) is 0 Å². The Kier molecular flexibility index (Phi) is 2.44. The van der Waals surface area contributed by atoms with Crippen LogP contribution in [0.1, 0.15) is 32.1 Å². The van der Waals surface area contributed by atoms with E-state index in [1.165, 1.54) is 25.7 Å². The van der Waals surface area contributed by atoms with Crippen LogP contribution in [0, 0.1) is 0 Å². The molecule has 0 spiro atoms. The van der Waals surface area contributed by atoms with Gasteiger partial charge in [0.1, 0.15) is 0 Å². The molecule has 1 heterocycles. The fourth-order valence-electron chi connectivity index (χ4n) is 1.97. The third-order valence-electron chi connectivity index (χ3n) is 2.59. The first-order valence-corrected chi connectivity index (χ1v) is 4.70. The predicted octanol–water partition coefficient (Wildman–Crippen LogP) is 1.73. The van der Waals surface area contributed by atoms with E-state index in [4.69, 9.17) is 9.47 Å². The molecule has 2 unspecified atom stereocenters. The van der Waals surface area contributed by atoms with E-state index in [0.717, 1.165) is 19.6 Å². The predicted molar refractivity (Wildman–Crippen MR) is 42.6 cm³/mol. The average molecular weight is 156 g/mol. The Bertz CT molecular complexity index is 111. The summed E-state index contributed by atoms with van der Waals surface area (Å²) in [5, 5.41) is 0. The fourth-order valence-corrected chi connectivity index (χ4v) is 1.97. The molecule has 0 radical (unpaired) electrons. The maximum Gasteiger partial charge on any atom is 0.0836 e. The van der Waals surface area contributed by atoms with Crippen LogP contribution in [-0.2, 0) is 9.47 Å². The molecule has 1 saturated carbocycles. The second-order valence-electron chi connectivity index (χ2n) is 3.46. The van der Waals surface area contributed by atoms with Crippen molar-refractivity contribution in [1.29, 1.82) is 0 Å². The van der Waals surface area contributed by atoms with E-state index in [-0.39, 0.29) is 0 Å². The zero-order valence-electron chi connectivity index (χ0n) is 6.92. The van der Waals surface area contributed by atoms with Gasteiger partial charge in [-0.2, -0.15) is 0 Å². The molecule has 0 bridgehead atoms. The Hall–Kier alpha value is -0.0800. The van der Waals surface area contributed by atoms with E-state index in [1.54, 1.807) is 0 Å². The van der Waals surface area contributed by atoms with Gasteiger partial charge in [-0.3, -0.25) is 0 Å². The number of fused-ring (bicyclic) bond motifs is 1. The van der Waals surface area contributed by atoms with Crippen LogP contribution in [0.25, 0.3) is 0 Å². The van der Waals surface area contributed by atoms with Crippen molar-refractivity contribution >= 4 is 0 Å². The number of hydrogen-bond acceptors (Lipinski definition) is 2. The van der Waals surface area contributed by atoms with E-state index >= 15 is 0 Å². The Morgan fingerprint density at radius 2 is 1.27 bits per heavy atom. The first kappa shape index (κ1) is 7.56. The summed E-state index contributed by atoms with van der Waals surface area (Å²) in [5.74, 6) is 0. The fraction of sp³-hybridized carbons (Fsp3) is 1.00. The van der Waals surface area contributed by atoms with Gasteiger partial charge >= 0.3 is 0 Å². The maximum absolute atomic E-state index is 5.68. The lowest BCUT2D eigenvalue weighted by Crippen LogP contribution is -2.32. The molecule has 1 saturated heterocycles. The zero-order chi connectivity index (χ0) is 7.52. The van der Waals surface area contributed by atoms with Crippen molar-refractivity contribution in [3.63, 3.8) is 0 Å². The molecule has 64 valence electrons. The van der Waals surface area contributed by atoms with E-state index in [9.17, 15) is 0 Å². The summed E-state index contributed by atoms with van der Waals surface area (Å²) in [6.45, 7) is 1.81. The van der Waals surface area contributed by atoms with Crippen LogP contribution >= 0.6 is 0 Å². The van der Waals surface area contributed by atoms with Gasteiger partial charge in [-0.25, -0.2) is 0 Å². The van der Waals surface area contributed by atoms with Gasteiger partial charge in [0.2, 0.25) is 0 Å². The highest BCUT2D eigenvalue weighted by atomic mass is 16.5. The number of hydrogen-bond donors (Lipinski definition) is 0. The standard InChI is InChI=1S/C9H16O2/c1-2-5-9-8(4-1)10-6-3-7-11-9/h8-9H,1-7H2. The molecule has 2 atom stereocenters. The van der Waals surface area contributed by atoms with Crippen LogP contribution < -0.4 is 0 Å². The van der Waals surface area contributed by atoms with Gasteiger partial charge in [0.15, 0.2) is 0 Å². The quantitative estimate of drug-likeness (QED) is 0.532. The molecule has 0 aromatic carbocycles. The minimum atomic E-state index is 0.422. The minimum absolute atomic E-state index is 0.422. The van der Waals surface area contributed by atoms with Gasteiger partial charge in [0.25, 0.3) is 0 Å². The molecule has 0 aromatic heterocycles. The number of ether oxygens (including phenoxy) is 2. The molecule has 11 heavy (non-hydrogen) atoms. The normalized spacial score (nSPS) is 39.3. The van der Waals surface area contributed by atoms with Crippen molar-refractivity contribution in [2.24, 2.45) is 0 Å². The van der Waals surface area contributed by atoms with Crippen LogP contribution in [0.5, 0.6) is 0 Å². The SMILES string of the molecule is C1COC2CCCCC2OC1. The molecule has 2 aliphatic rings. The van der Waals surface area contributed by atoms with E-state index in [1.807, 2.05) is 0 Å². The van der Waals surface area contributed by atoms with Crippen LogP contribution in [0.4, 0.5) is 0 Å². The molecule has 2 nitrogen and oxygen atoms in total. The topological polar surface area (TPSA) is 18.5 Å². The monoisotopic (exact) mass is 156 g/mol. The third-order valence-corrected chi connectivity index (χ3v) is 2.59. The van der Waals surface area contributed by atoms with Gasteiger partial charge in [0, 0.05) is 13.2 Å². The first-order valence-electron chi connectivity index (χ1n) is 4.70. The van der Waals surface area contributed by atoms with Crippen LogP contribution in [0.3, 0.4) is 0 Å². The molecule has 1 aliphatic carbocycles. The second kappa shape index (κ2) is 3.55. The summed E-state index contributed by atoms with van der Waals surface area (Å²) in [5.41, 5.74) is 0. The highest BCUT2D eigenvalue weighted by Gasteiger charge is 2.27. The summed E-state index contributed by atoms with van der Waals surface area (Å²) >= 11 is 0. The second-order valence-corrected chi connectivity index (χ2v) is 3.46. The Morgan fingerprint density at radius 1 is 0.727 bits per heavy atom. The van der Waals surface area contributed by atoms with Crippen molar-refractivity contribution in [3.05, 3.63) is 0 Å². The molecule has 0 amide bonds. The minimum Gasteiger partial charge on any atom is -0.375 e. The third kappa shape index (κ3) is 1.74. The molecule has 0 N–H and O–H groups in total. The molecular formula is C9H16O2. The number of rotatable bonds is 0. The smallest absolute Gasteiger partial charge is 0.0836 e. The summed E-state index contributed by atoms with van der Waals surface area (Å²) < 4.78 is 11.4. The lowest BCUT2D eigenvalue weighted by molar-refractivity contribution is -0.0577. The summed E-state index contributed by atoms with van der Waals surface area (Å²) in [6, 6.07) is 0. The molecule has 2 fully saturated rings. The lowest BCUT2D eigenvalue weighted by atomic mass is 9.95. The molecule has 0 aromatic rings. The van der Waals surface area contributed by atoms with E-state index in [2.05, 4.69) is 0 Å². The van der Waals surface area contributed by atoms with Crippen LogP contribution in [0.2, 0.25) is 0 Å². The Morgan fingerprint density at radius 3 is 1.82 bits per heavy atom. The Labute approximate surface area is 67.9 Å². The van der Waals surface area contributed by atoms with Crippen molar-refractivity contribution in [3.8, 4) is 0 Å². The highest BCUT2D eigenvalue weighted by molar-refractivity contribution is 4.77. The summed E-state index contributed by atoms with van der Waals surface area (Å²) in [7, 11) is 0. The van der Waals surface area contributed by atoms with Gasteiger partial charge in [-0.15, -0.1) is 0 Å². The first-order chi connectivity index (χ1) is 5.47. The van der Waals surface area contributed by atoms with Gasteiger partial charge < -0.3 is 9.47 Å². The van der Waals surface area contributed by atoms with Crippen LogP contribution in [0.15, 0.2) is 0 Å². The van der Waals surface area contributed by atoms with E-state index in [0.29, 0.717) is 12.2 Å². The van der Waals surface area contributed by atoms with Gasteiger partial charge in [-0.1, -0.05) is 12.8 Å². The largest absolute Gasteiger partial charge is 0.375 e. The summed E-state index contributed by atoms with van der Waals surface area (Å²) in [4.78, 5) is 0. The van der Waals surface area contributed by atoms with Gasteiger partial charge in [0.05, 0.1) is 12.2 Å². The Balaban J connectivity index is 1.93. The lowest BCUT2D eigenvalue weighted by Gasteiger charge is -2.28. The van der Waals surface area contributed by atoms with E-state index < -0.39 is 0 Å². The average Bonchev–Trinajstić information content (AvgIpc) is 2.28. The maximum atomic E-state index is 5.68. The summed E-state index contributed by atoms with van der Waals surface area (Å²) in [6.07, 6.45) is 7.00. The molecular weight excluding hydrogens is 140 g/mol. The van der Waals surface area contributed by atoms with Gasteiger partial charge in [-0.05, 0) is 19.3 Å². The molecule has 1 aliphatic heterocycles. The van der Waals surface area contributed by atoms with Crippen molar-refractivity contribution in [2.75, 3.05) is 13.2 Å². The van der Waals surface area contributed by atoms with Crippen molar-refractivity contribution in [2.45, 2.75) is 44.3 Å². The highest BCUT2D eigenvalue weighted by Crippen LogP contribution is 2.25. The molecule has 2 rings (SSSR count). The molecule has 2 heteroatoms. The van der Waals surface area contributed by atoms with Crippen molar-refractivity contribution < 1.29 is 9.47 Å². The van der Waals surface area contributed by atoms with Crippen LogP contribution in [-0.4, -0.2) is 25.4 Å². The zero-order valence-corrected chi connectivity index (χ0v) is 6.92.